The van der Waals surface area contributed by atoms with Crippen molar-refractivity contribution in [3.63, 3.8) is 0 Å². The fourth-order valence-corrected chi connectivity index (χ4v) is 7.24. The molecule has 4 N–H and O–H groups in total. The molecular weight excluding hydrogens is 713 g/mol. The molecule has 2 unspecified atom stereocenters. The van der Waals surface area contributed by atoms with Gasteiger partial charge in [0, 0.05) is 85.3 Å². The van der Waals surface area contributed by atoms with Crippen LogP contribution in [0.5, 0.6) is 23.0 Å². The molecule has 2 bridgehead atoms. The quantitative estimate of drug-likeness (QED) is 0.378. The first kappa shape index (κ1) is 28.9. The molecule has 9 nitrogen and oxygen atoms in total. The van der Waals surface area contributed by atoms with E-state index in [1.165, 1.54) is 0 Å². The molecule has 0 saturated carbocycles. The number of rotatable bonds is 4. The van der Waals surface area contributed by atoms with Crippen molar-refractivity contribution in [2.45, 2.75) is 83.8 Å². The summed E-state index contributed by atoms with van der Waals surface area (Å²) in [6.45, 7) is 8.03. The SMILES string of the molecule is CCCC(=O)NC[C@H]1c2c(c(O)c(C)c3c2OCO3)CC2[C@H]3c4c(cc(C)c(C)c4O)C[C@H](C(O)N21)N3C.[Ac]. The maximum absolute atomic E-state index is 12.6. The van der Waals surface area contributed by atoms with E-state index >= 15 is 0 Å². The number of aromatic hydroxyl groups is 2. The van der Waals surface area contributed by atoms with Crippen molar-refractivity contribution in [3.05, 3.63) is 45.0 Å². The molecule has 1 amide bonds. The van der Waals surface area contributed by atoms with Crippen LogP contribution >= 0.6 is 0 Å². The van der Waals surface area contributed by atoms with Crippen LogP contribution in [0.4, 0.5) is 0 Å². The topological polar surface area (TPSA) is 115 Å². The predicted molar refractivity (Wildman–Crippen MR) is 141 cm³/mol. The fourth-order valence-electron chi connectivity index (χ4n) is 7.24. The van der Waals surface area contributed by atoms with Crippen molar-refractivity contribution in [2.75, 3.05) is 20.4 Å². The van der Waals surface area contributed by atoms with Crippen LogP contribution in [0.2, 0.25) is 0 Å². The molecule has 6 rings (SSSR count). The number of aliphatic hydroxyl groups excluding tert-OH is 1. The minimum atomic E-state index is -0.833. The summed E-state index contributed by atoms with van der Waals surface area (Å²) in [7, 11) is 2.01. The zero-order valence-electron chi connectivity index (χ0n) is 23.2. The first-order valence-electron chi connectivity index (χ1n) is 13.6. The number of amides is 1. The first-order chi connectivity index (χ1) is 18.1. The van der Waals surface area contributed by atoms with E-state index in [2.05, 4.69) is 21.2 Å². The van der Waals surface area contributed by atoms with Crippen LogP contribution in [0.25, 0.3) is 0 Å². The number of fused-ring (bicyclic) bond motifs is 9. The average Bonchev–Trinajstić information content (AvgIpc) is 3.37. The van der Waals surface area contributed by atoms with Crippen molar-refractivity contribution in [3.8, 4) is 23.0 Å². The van der Waals surface area contributed by atoms with Crippen molar-refractivity contribution in [1.29, 1.82) is 0 Å². The van der Waals surface area contributed by atoms with Gasteiger partial charge in [-0.05, 0) is 63.8 Å². The van der Waals surface area contributed by atoms with Gasteiger partial charge in [-0.1, -0.05) is 13.0 Å². The second-order valence-corrected chi connectivity index (χ2v) is 11.3. The number of likely N-dealkylation sites (N-methyl/N-ethyl adjacent to an activating group) is 1. The Morgan fingerprint density at radius 2 is 1.77 bits per heavy atom. The van der Waals surface area contributed by atoms with Gasteiger partial charge < -0.3 is 30.1 Å². The van der Waals surface area contributed by atoms with E-state index in [0.717, 1.165) is 39.8 Å². The van der Waals surface area contributed by atoms with Gasteiger partial charge in [0.2, 0.25) is 12.7 Å². The third-order valence-electron chi connectivity index (χ3n) is 9.26. The Balaban J connectivity index is 0.00000308. The van der Waals surface area contributed by atoms with Gasteiger partial charge in [-0.2, -0.15) is 0 Å². The van der Waals surface area contributed by atoms with Gasteiger partial charge in [0.1, 0.15) is 17.7 Å². The third-order valence-corrected chi connectivity index (χ3v) is 9.26. The number of nitrogens with one attached hydrogen (secondary N) is 1. The average molecular weight is 751 g/mol. The standard InChI is InChI=1S/C29H37N3O6.Ac/c1-6-7-21(33)30-11-20-23-17(25(34)15(4)27-28(23)38-12-37-27)10-18-24-22-16(8-13(2)14(3)26(22)35)9-19(31(24)5)29(36)32(18)20;/h8,18-20,24,29,34-36H,6-7,9-12H2,1-5H3,(H,30,33);/t18?,19-,20+,24+,29?;/m1./s1. The number of phenolic OH excluding ortho intramolecular Hbond substituents is 2. The second-order valence-electron chi connectivity index (χ2n) is 11.3. The molecule has 0 aromatic heterocycles. The number of hydrogen-bond donors (Lipinski definition) is 4. The number of carbonyl (C=O) groups is 1. The summed E-state index contributed by atoms with van der Waals surface area (Å²) in [5, 5.41) is 37.8. The maximum Gasteiger partial charge on any atom is 0.231 e. The van der Waals surface area contributed by atoms with Crippen LogP contribution in [0, 0.1) is 64.8 Å². The van der Waals surface area contributed by atoms with E-state index < -0.39 is 12.3 Å². The number of piperazine rings is 1. The smallest absolute Gasteiger partial charge is 0.231 e. The summed E-state index contributed by atoms with van der Waals surface area (Å²) in [5.41, 5.74) is 5.97. The normalized spacial score (nSPS) is 26.8. The van der Waals surface area contributed by atoms with Crippen LogP contribution in [-0.2, 0) is 17.6 Å². The van der Waals surface area contributed by atoms with Gasteiger partial charge >= 0.3 is 0 Å². The van der Waals surface area contributed by atoms with Gasteiger partial charge in [0.25, 0.3) is 0 Å². The summed E-state index contributed by atoms with van der Waals surface area (Å²) in [6, 6.07) is 1.02. The number of nitrogens with zero attached hydrogens (tertiary/aromatic N) is 2. The van der Waals surface area contributed by atoms with Crippen LogP contribution < -0.4 is 14.8 Å². The molecule has 2 aromatic rings. The Morgan fingerprint density at radius 1 is 1.05 bits per heavy atom. The summed E-state index contributed by atoms with van der Waals surface area (Å²) >= 11 is 0. The zero-order valence-corrected chi connectivity index (χ0v) is 28.0. The summed E-state index contributed by atoms with van der Waals surface area (Å²) in [5.74, 6) is 1.50. The molecule has 4 aliphatic rings. The second kappa shape index (κ2) is 10.7. The Labute approximate surface area is 265 Å². The molecule has 1 fully saturated rings. The zero-order chi connectivity index (χ0) is 27.0. The van der Waals surface area contributed by atoms with Crippen molar-refractivity contribution < 1.29 is 73.7 Å². The molecule has 10 heteroatoms. The first-order valence-corrected chi connectivity index (χ1v) is 13.6. The van der Waals surface area contributed by atoms with Gasteiger partial charge in [0.05, 0.1) is 18.1 Å². The van der Waals surface area contributed by atoms with Gasteiger partial charge in [-0.3, -0.25) is 14.6 Å². The molecule has 39 heavy (non-hydrogen) atoms. The Bertz CT molecular complexity index is 1330. The molecule has 0 spiro atoms. The number of aliphatic hydroxyl groups is 1. The molecule has 0 aliphatic carbocycles. The van der Waals surface area contributed by atoms with E-state index in [9.17, 15) is 20.1 Å². The molecule has 4 heterocycles. The van der Waals surface area contributed by atoms with E-state index in [1.54, 1.807) is 0 Å². The van der Waals surface area contributed by atoms with E-state index in [1.807, 2.05) is 34.7 Å². The largest absolute Gasteiger partial charge is 0.507 e. The number of phenols is 2. The molecule has 5 atom stereocenters. The molecule has 4 aliphatic heterocycles. The van der Waals surface area contributed by atoms with Crippen molar-refractivity contribution in [1.82, 2.24) is 15.1 Å². The number of ether oxygens (including phenoxy) is 2. The molecule has 207 valence electrons. The maximum atomic E-state index is 12.6. The van der Waals surface area contributed by atoms with Crippen LogP contribution in [0.3, 0.4) is 0 Å². The Hall–Kier alpha value is -1.57. The number of aryl methyl sites for hydroxylation is 1. The van der Waals surface area contributed by atoms with Gasteiger partial charge in [-0.25, -0.2) is 0 Å². The summed E-state index contributed by atoms with van der Waals surface area (Å²) < 4.78 is 11.7. The predicted octanol–water partition coefficient (Wildman–Crippen LogP) is 2.87. The van der Waals surface area contributed by atoms with E-state index in [4.69, 9.17) is 9.47 Å². The summed E-state index contributed by atoms with van der Waals surface area (Å²) in [6.07, 6.45) is 1.36. The van der Waals surface area contributed by atoms with Crippen LogP contribution in [0.1, 0.15) is 70.8 Å². The Kier molecular flexibility index (Phi) is 7.93. The number of carbonyl (C=O) groups excluding carboxylic acids is 1. The van der Waals surface area contributed by atoms with Gasteiger partial charge in [-0.15, -0.1) is 0 Å². The molecule has 1 saturated heterocycles. The van der Waals surface area contributed by atoms with E-state index in [0.29, 0.717) is 42.1 Å². The number of hydrogen-bond acceptors (Lipinski definition) is 8. The monoisotopic (exact) mass is 750 g/mol. The molecule has 1 radical (unpaired) electrons. The van der Waals surface area contributed by atoms with Crippen LogP contribution in [-0.4, -0.2) is 69.7 Å². The minimum Gasteiger partial charge on any atom is -0.507 e. The van der Waals surface area contributed by atoms with Crippen LogP contribution in [0.15, 0.2) is 6.07 Å². The molecule has 2 aromatic carbocycles. The van der Waals surface area contributed by atoms with Crippen molar-refractivity contribution in [2.24, 2.45) is 0 Å². The summed E-state index contributed by atoms with van der Waals surface area (Å²) in [4.78, 5) is 16.8. The number of benzene rings is 2. The Morgan fingerprint density at radius 3 is 2.49 bits per heavy atom. The third kappa shape index (κ3) is 4.28. The van der Waals surface area contributed by atoms with Crippen molar-refractivity contribution >= 4 is 5.91 Å². The van der Waals surface area contributed by atoms with Gasteiger partial charge in [0.15, 0.2) is 11.5 Å². The van der Waals surface area contributed by atoms with E-state index in [-0.39, 0.29) is 87.2 Å². The fraction of sp³-hybridized carbons (Fsp3) is 0.552. The molecular formula is C29H37AcN3O6. The minimum absolute atomic E-state index is 0.